The number of nitrogens with zero attached hydrogens (tertiary/aromatic N) is 2. The van der Waals surface area contributed by atoms with E-state index in [4.69, 9.17) is 22.3 Å². The Morgan fingerprint density at radius 1 is 0.524 bits per heavy atom. The van der Waals surface area contributed by atoms with Crippen LogP contribution in [0.1, 0.15) is 120 Å². The topological polar surface area (TPSA) is 516 Å². The Bertz CT molecular complexity index is 2320. The van der Waals surface area contributed by atoms with Crippen LogP contribution < -0.4 is 65.1 Å². The Morgan fingerprint density at radius 3 is 1.46 bits per heavy atom. The smallest absolute Gasteiger partial charge is 0.322 e. The molecule has 0 saturated carbocycles. The number of carbonyl (C=O) groups is 13. The molecule has 32 nitrogen and oxygen atoms in total. The number of likely N-dealkylation sites (tertiary alicyclic amines) is 2. The number of primary amides is 1. The van der Waals surface area contributed by atoms with Crippen molar-refractivity contribution in [1.82, 2.24) is 57.7 Å². The first-order valence-corrected chi connectivity index (χ1v) is 28.2. The Hall–Kier alpha value is -7.13. The van der Waals surface area contributed by atoms with Crippen molar-refractivity contribution in [3.63, 3.8) is 0 Å². The van der Waals surface area contributed by atoms with Crippen molar-refractivity contribution in [2.24, 2.45) is 29.0 Å². The zero-order chi connectivity index (χ0) is 63.9. The number of amides is 12. The number of unbranched alkanes of at least 4 members (excludes halogenated alkanes) is 1. The number of aliphatic carboxylic acids is 1. The van der Waals surface area contributed by atoms with Crippen LogP contribution in [0.3, 0.4) is 0 Å². The summed E-state index contributed by atoms with van der Waals surface area (Å²) in [7, 11) is 0. The van der Waals surface area contributed by atoms with E-state index in [1.165, 1.54) is 16.7 Å². The van der Waals surface area contributed by atoms with Crippen molar-refractivity contribution in [1.29, 1.82) is 0 Å². The predicted octanol–water partition coefficient (Wildman–Crippen LogP) is -7.37. The lowest BCUT2D eigenvalue weighted by Gasteiger charge is -2.33. The average Bonchev–Trinajstić information content (AvgIpc) is 4.25. The number of aliphatic hydroxyl groups is 4. The number of carbonyl (C=O) groups excluding carboxylic acids is 12. The summed E-state index contributed by atoms with van der Waals surface area (Å²) < 4.78 is 0. The summed E-state index contributed by atoms with van der Waals surface area (Å²) in [4.78, 5) is 175. The third-order valence-electron chi connectivity index (χ3n) is 13.8. The molecule has 32 heteroatoms. The van der Waals surface area contributed by atoms with Crippen molar-refractivity contribution >= 4 is 76.9 Å². The molecule has 2 rings (SSSR count). The minimum atomic E-state index is -1.98. The monoisotopic (exact) mass is 1200 g/mol. The molecule has 0 bridgehead atoms. The molecule has 2 aliphatic heterocycles. The van der Waals surface area contributed by atoms with Crippen LogP contribution in [-0.4, -0.2) is 230 Å². The summed E-state index contributed by atoms with van der Waals surface area (Å²) >= 11 is 0. The fraction of sp³-hybridized carbons (Fsp3) is 0.750. The van der Waals surface area contributed by atoms with Gasteiger partial charge in [-0.25, -0.2) is 0 Å². The number of aliphatic hydroxyl groups excluding tert-OH is 4. The highest BCUT2D eigenvalue weighted by atomic mass is 16.4. The molecule has 2 heterocycles. The highest BCUT2D eigenvalue weighted by molar-refractivity contribution is 6.00. The van der Waals surface area contributed by atoms with E-state index in [0.29, 0.717) is 38.6 Å². The van der Waals surface area contributed by atoms with E-state index in [0.717, 1.165) is 20.8 Å². The lowest BCUT2D eigenvalue weighted by Crippen LogP contribution is -2.63. The largest absolute Gasteiger partial charge is 0.480 e. The molecule has 0 spiro atoms. The molecule has 2 saturated heterocycles. The van der Waals surface area contributed by atoms with Crippen LogP contribution in [0.5, 0.6) is 0 Å². The second-order valence-corrected chi connectivity index (χ2v) is 22.1. The van der Waals surface area contributed by atoms with Crippen LogP contribution in [0.15, 0.2) is 0 Å². The Balaban J connectivity index is 2.27. The summed E-state index contributed by atoms with van der Waals surface area (Å²) in [6.07, 6.45) is -3.45. The normalized spacial score (nSPS) is 19.3. The lowest BCUT2D eigenvalue weighted by molar-refractivity contribution is -0.145. The quantitative estimate of drug-likeness (QED) is 0.0262. The van der Waals surface area contributed by atoms with Crippen LogP contribution >= 0.6 is 0 Å². The Kier molecular flexibility index (Phi) is 30.6. The van der Waals surface area contributed by atoms with Gasteiger partial charge in [-0.15, -0.1) is 0 Å². The van der Waals surface area contributed by atoms with E-state index in [-0.39, 0.29) is 50.6 Å². The first kappa shape index (κ1) is 73.0. The fourth-order valence-corrected chi connectivity index (χ4v) is 9.39. The van der Waals surface area contributed by atoms with Crippen LogP contribution in [-0.2, 0) is 62.3 Å². The highest BCUT2D eigenvalue weighted by Gasteiger charge is 2.44. The highest BCUT2D eigenvalue weighted by Crippen LogP contribution is 2.24. The molecule has 20 N–H and O–H groups in total. The summed E-state index contributed by atoms with van der Waals surface area (Å²) in [5.74, 6) is -13.1. The SMILES string of the molecule is CC(C)C[C@H](NC(=O)[C@@H]1CCCN1C(=O)[C@H](CCCCN)NC(=O)[C@H](C)NC(=O)[C@@H](N)CC(C)C)C(=O)N1CCC[C@H]1C(=O)N[C@H](C(=O)N[C@H](C(=O)N[C@@H](CO)C(=O)N[C@@H](CC(N)=O)C(=O)N[C@H](C(=O)NCC(=O)O)[C@@H](C)O)[C@@H](C)O)[C@@H](C)O. The van der Waals surface area contributed by atoms with Gasteiger partial charge in [-0.1, -0.05) is 27.7 Å². The third-order valence-corrected chi connectivity index (χ3v) is 13.8. The van der Waals surface area contributed by atoms with Gasteiger partial charge in [-0.3, -0.25) is 62.3 Å². The molecule has 2 fully saturated rings. The molecule has 0 aromatic heterocycles. The molecule has 14 atom stereocenters. The molecule has 0 unspecified atom stereocenters. The molecule has 0 aromatic carbocycles. The minimum absolute atomic E-state index is 0.0274. The third kappa shape index (κ3) is 23.1. The molecule has 2 aliphatic rings. The van der Waals surface area contributed by atoms with E-state index < -0.39 is 181 Å². The zero-order valence-corrected chi connectivity index (χ0v) is 49.0. The van der Waals surface area contributed by atoms with E-state index in [1.54, 1.807) is 13.8 Å². The number of nitrogens with two attached hydrogens (primary N) is 3. The summed E-state index contributed by atoms with van der Waals surface area (Å²) in [5.41, 5.74) is 17.0. The second kappa shape index (κ2) is 35.2. The van der Waals surface area contributed by atoms with E-state index in [2.05, 4.69) is 42.5 Å². The van der Waals surface area contributed by atoms with Gasteiger partial charge in [0.2, 0.25) is 70.9 Å². The van der Waals surface area contributed by atoms with Gasteiger partial charge in [-0.2, -0.15) is 0 Å². The van der Waals surface area contributed by atoms with E-state index in [9.17, 15) is 82.8 Å². The molecule has 12 amide bonds. The average molecular weight is 1200 g/mol. The van der Waals surface area contributed by atoms with Crippen molar-refractivity contribution in [2.45, 2.75) is 204 Å². The number of rotatable bonds is 35. The summed E-state index contributed by atoms with van der Waals surface area (Å²) in [6.45, 7) is 10.5. The van der Waals surface area contributed by atoms with E-state index in [1.807, 2.05) is 19.2 Å². The molecule has 0 radical (unpaired) electrons. The van der Waals surface area contributed by atoms with Crippen molar-refractivity contribution in [3.05, 3.63) is 0 Å². The Labute approximate surface area is 487 Å². The second-order valence-electron chi connectivity index (χ2n) is 22.1. The van der Waals surface area contributed by atoms with Crippen LogP contribution in [0.2, 0.25) is 0 Å². The van der Waals surface area contributed by atoms with Gasteiger partial charge in [0.05, 0.1) is 37.4 Å². The van der Waals surface area contributed by atoms with Gasteiger partial charge < -0.3 is 100 Å². The molecular formula is C52H90N14O18. The molecule has 0 aromatic rings. The van der Waals surface area contributed by atoms with Crippen LogP contribution in [0.4, 0.5) is 0 Å². The van der Waals surface area contributed by atoms with Gasteiger partial charge in [-0.05, 0) is 104 Å². The molecule has 84 heavy (non-hydrogen) atoms. The Morgan fingerprint density at radius 2 is 0.976 bits per heavy atom. The number of nitrogens with one attached hydrogen (secondary N) is 9. The summed E-state index contributed by atoms with van der Waals surface area (Å²) in [5, 5.41) is 71.3. The number of carboxylic acids is 1. The molecule has 476 valence electrons. The van der Waals surface area contributed by atoms with Gasteiger partial charge in [0, 0.05) is 13.1 Å². The van der Waals surface area contributed by atoms with E-state index >= 15 is 0 Å². The van der Waals surface area contributed by atoms with Crippen molar-refractivity contribution < 1.29 is 87.9 Å². The fourth-order valence-electron chi connectivity index (χ4n) is 9.39. The first-order chi connectivity index (χ1) is 39.3. The lowest BCUT2D eigenvalue weighted by atomic mass is 10.0. The van der Waals surface area contributed by atoms with Gasteiger partial charge in [0.15, 0.2) is 0 Å². The maximum Gasteiger partial charge on any atom is 0.322 e. The number of hydrogen-bond acceptors (Lipinski definition) is 19. The zero-order valence-electron chi connectivity index (χ0n) is 49.0. The van der Waals surface area contributed by atoms with Gasteiger partial charge in [0.25, 0.3) is 0 Å². The van der Waals surface area contributed by atoms with Crippen molar-refractivity contribution in [2.75, 3.05) is 32.8 Å². The molecular weight excluding hydrogens is 1110 g/mol. The predicted molar refractivity (Wildman–Crippen MR) is 297 cm³/mol. The van der Waals surface area contributed by atoms with Crippen LogP contribution in [0, 0.1) is 11.8 Å². The standard InChI is InChI=1S/C52H90N14O18/c1-24(2)19-30(54)43(75)57-26(5)42(74)58-31(13-9-10-16-53)51(83)65-17-11-14-35(65)46(78)60-33(20-25(3)4)52(84)66-18-12-15-36(66)47(79)63-41(29(8)70)50(82)64-40(28(7)69)49(81)61-34(23-67)45(77)59-32(21-37(55)71)44(76)62-39(27(6)68)48(80)56-22-38(72)73/h24-36,39-41,67-70H,9-23,53-54H2,1-8H3,(H2,55,71)(H,56,80)(H,57,75)(H,58,74)(H,59,77)(H,60,78)(H,61,81)(H,62,76)(H,63,79)(H,64,82)(H,72,73)/t26-,27+,28+,29+,30-,31-,32-,33-,34-,35-,36-,39-,40-,41-/m0/s1. The van der Waals surface area contributed by atoms with Gasteiger partial charge >= 0.3 is 5.97 Å². The maximum absolute atomic E-state index is 14.5. The first-order valence-electron chi connectivity index (χ1n) is 28.2. The molecule has 0 aliphatic carbocycles. The van der Waals surface area contributed by atoms with Crippen LogP contribution in [0.25, 0.3) is 0 Å². The van der Waals surface area contributed by atoms with Gasteiger partial charge in [0.1, 0.15) is 67.0 Å². The minimum Gasteiger partial charge on any atom is -0.480 e. The maximum atomic E-state index is 14.5. The number of carboxylic acid groups (broad SMARTS) is 1. The number of hydrogen-bond donors (Lipinski definition) is 17. The van der Waals surface area contributed by atoms with Crippen molar-refractivity contribution in [3.8, 4) is 0 Å². The summed E-state index contributed by atoms with van der Waals surface area (Å²) in [6, 6.07) is -16.1.